The van der Waals surface area contributed by atoms with Crippen molar-refractivity contribution < 1.29 is 4.42 Å². The van der Waals surface area contributed by atoms with Gasteiger partial charge in [-0.3, -0.25) is 9.36 Å². The van der Waals surface area contributed by atoms with Gasteiger partial charge in [-0.05, 0) is 54.0 Å². The number of oxazole rings is 1. The lowest BCUT2D eigenvalue weighted by Crippen LogP contribution is -2.34. The summed E-state index contributed by atoms with van der Waals surface area (Å²) in [5, 5.41) is 19.2. The Kier molecular flexibility index (Phi) is 6.90. The maximum absolute atomic E-state index is 14.3. The molecule has 0 radical (unpaired) electrons. The lowest BCUT2D eigenvalue weighted by atomic mass is 9.84. The Balaban J connectivity index is 1.22. The zero-order valence-electron chi connectivity index (χ0n) is 23.3. The molecule has 2 aromatic carbocycles. The Bertz CT molecular complexity index is 1850. The first-order valence-corrected chi connectivity index (χ1v) is 14.5. The summed E-state index contributed by atoms with van der Waals surface area (Å²) >= 11 is 0. The molecule has 1 aliphatic rings. The van der Waals surface area contributed by atoms with Crippen LogP contribution in [0.15, 0.2) is 76.7 Å². The third-order valence-corrected chi connectivity index (χ3v) is 8.39. The van der Waals surface area contributed by atoms with Crippen LogP contribution in [0.1, 0.15) is 73.6 Å². The van der Waals surface area contributed by atoms with E-state index in [4.69, 9.17) is 4.42 Å². The number of rotatable bonds is 8. The molecule has 6 aromatic rings. The monoisotopic (exact) mass is 561 g/mol. The Labute approximate surface area is 241 Å². The number of H-pyrrole nitrogens is 1. The van der Waals surface area contributed by atoms with Crippen LogP contribution in [-0.2, 0) is 12.8 Å². The van der Waals surface area contributed by atoms with Crippen molar-refractivity contribution in [2.24, 2.45) is 0 Å². The molecule has 7 rings (SSSR count). The highest BCUT2D eigenvalue weighted by Gasteiger charge is 2.29. The predicted molar refractivity (Wildman–Crippen MR) is 156 cm³/mol. The predicted octanol–water partition coefficient (Wildman–Crippen LogP) is 5.17. The standard InChI is InChI=1S/C31H31N9O2/c1-2-5-27-26(16-20-8-10-21(11-9-20)24-6-3-4-7-25(24)29-35-37-38-36-29)30(41)39(31-33-18-34-40(27)31)23-14-12-22(13-15-23)28-17-32-19-42-28/h3-4,6-11,17-19,22-23H,2,5,12-16H2,1H3,(H,35,36,37,38). The Hall–Kier alpha value is -4.93. The third kappa shape index (κ3) is 4.70. The van der Waals surface area contributed by atoms with Gasteiger partial charge in [0, 0.05) is 29.5 Å². The van der Waals surface area contributed by atoms with E-state index < -0.39 is 0 Å². The molecule has 0 amide bonds. The molecule has 4 aromatic heterocycles. The number of aromatic nitrogens is 9. The van der Waals surface area contributed by atoms with E-state index >= 15 is 0 Å². The topological polar surface area (TPSA) is 133 Å². The zero-order valence-corrected chi connectivity index (χ0v) is 23.3. The normalized spacial score (nSPS) is 17.2. The van der Waals surface area contributed by atoms with Crippen LogP contribution < -0.4 is 5.56 Å². The van der Waals surface area contributed by atoms with E-state index in [-0.39, 0.29) is 11.6 Å². The summed E-state index contributed by atoms with van der Waals surface area (Å²) in [6.07, 6.45) is 10.6. The average molecular weight is 562 g/mol. The molecule has 42 heavy (non-hydrogen) atoms. The summed E-state index contributed by atoms with van der Waals surface area (Å²) in [5.41, 5.74) is 5.78. The molecule has 1 N–H and O–H groups in total. The lowest BCUT2D eigenvalue weighted by molar-refractivity contribution is 0.294. The number of nitrogens with one attached hydrogen (secondary N) is 1. The number of hydrogen-bond donors (Lipinski definition) is 1. The highest BCUT2D eigenvalue weighted by Crippen LogP contribution is 2.38. The first kappa shape index (κ1) is 26.0. The molecule has 0 aliphatic heterocycles. The summed E-state index contributed by atoms with van der Waals surface area (Å²) < 4.78 is 9.35. The number of aryl methyl sites for hydroxylation is 1. The first-order valence-electron chi connectivity index (χ1n) is 14.5. The summed E-state index contributed by atoms with van der Waals surface area (Å²) in [7, 11) is 0. The molecule has 1 aliphatic carbocycles. The van der Waals surface area contributed by atoms with Crippen molar-refractivity contribution in [1.29, 1.82) is 0 Å². The zero-order chi connectivity index (χ0) is 28.5. The molecule has 4 heterocycles. The second-order valence-electron chi connectivity index (χ2n) is 10.9. The van der Waals surface area contributed by atoms with Gasteiger partial charge < -0.3 is 4.42 Å². The van der Waals surface area contributed by atoms with Crippen LogP contribution in [0.4, 0.5) is 0 Å². The molecule has 0 bridgehead atoms. The van der Waals surface area contributed by atoms with Gasteiger partial charge >= 0.3 is 0 Å². The van der Waals surface area contributed by atoms with Crippen LogP contribution in [0.3, 0.4) is 0 Å². The molecule has 11 heteroatoms. The van der Waals surface area contributed by atoms with Crippen molar-refractivity contribution in [3.63, 3.8) is 0 Å². The average Bonchev–Trinajstić information content (AvgIpc) is 3.84. The van der Waals surface area contributed by atoms with Gasteiger partial charge in [-0.1, -0.05) is 61.9 Å². The number of aromatic amines is 1. The fourth-order valence-corrected chi connectivity index (χ4v) is 6.34. The van der Waals surface area contributed by atoms with Gasteiger partial charge in [0.1, 0.15) is 12.1 Å². The van der Waals surface area contributed by atoms with E-state index in [1.165, 1.54) is 6.39 Å². The Morgan fingerprint density at radius 1 is 1.02 bits per heavy atom. The number of fused-ring (bicyclic) bond motifs is 1. The van der Waals surface area contributed by atoms with Crippen LogP contribution in [0.2, 0.25) is 0 Å². The Morgan fingerprint density at radius 3 is 2.55 bits per heavy atom. The van der Waals surface area contributed by atoms with Crippen LogP contribution in [0, 0.1) is 0 Å². The summed E-state index contributed by atoms with van der Waals surface area (Å²) in [6.45, 7) is 2.12. The van der Waals surface area contributed by atoms with Gasteiger partial charge in [0.2, 0.25) is 11.6 Å². The van der Waals surface area contributed by atoms with E-state index in [9.17, 15) is 4.79 Å². The van der Waals surface area contributed by atoms with Crippen molar-refractivity contribution in [2.45, 2.75) is 63.8 Å². The number of nitrogens with zero attached hydrogens (tertiary/aromatic N) is 8. The highest BCUT2D eigenvalue weighted by atomic mass is 16.3. The van der Waals surface area contributed by atoms with Crippen LogP contribution in [-0.4, -0.2) is 44.8 Å². The van der Waals surface area contributed by atoms with Gasteiger partial charge in [0.25, 0.3) is 5.56 Å². The molecule has 0 atom stereocenters. The maximum Gasteiger partial charge on any atom is 0.259 e. The fraction of sp³-hybridized carbons (Fsp3) is 0.323. The number of hydrogen-bond acceptors (Lipinski definition) is 8. The molecule has 1 saturated carbocycles. The number of tetrazole rings is 1. The van der Waals surface area contributed by atoms with E-state index in [1.54, 1.807) is 12.5 Å². The molecule has 0 saturated heterocycles. The first-order chi connectivity index (χ1) is 20.7. The SMILES string of the molecule is CCCc1c(Cc2ccc(-c3ccccc3-c3nn[nH]n3)cc2)c(=O)n(C2CCC(c3cnco3)CC2)c2ncnn12. The Morgan fingerprint density at radius 2 is 1.83 bits per heavy atom. The molecule has 11 nitrogen and oxygen atoms in total. The highest BCUT2D eigenvalue weighted by molar-refractivity contribution is 5.80. The maximum atomic E-state index is 14.3. The molecule has 0 spiro atoms. The molecule has 0 unspecified atom stereocenters. The quantitative estimate of drug-likeness (QED) is 0.269. The fourth-order valence-electron chi connectivity index (χ4n) is 6.34. The summed E-state index contributed by atoms with van der Waals surface area (Å²) in [4.78, 5) is 22.9. The van der Waals surface area contributed by atoms with Crippen molar-refractivity contribution in [3.05, 3.63) is 100 Å². The summed E-state index contributed by atoms with van der Waals surface area (Å²) in [6, 6.07) is 16.4. The van der Waals surface area contributed by atoms with Gasteiger partial charge in [-0.2, -0.15) is 15.3 Å². The number of benzene rings is 2. The van der Waals surface area contributed by atoms with Crippen LogP contribution >= 0.6 is 0 Å². The molecular formula is C31H31N9O2. The van der Waals surface area contributed by atoms with E-state index in [1.807, 2.05) is 27.3 Å². The van der Waals surface area contributed by atoms with Crippen molar-refractivity contribution in [2.75, 3.05) is 0 Å². The van der Waals surface area contributed by atoms with Gasteiger partial charge in [0.05, 0.1) is 11.9 Å². The molecule has 212 valence electrons. The van der Waals surface area contributed by atoms with Crippen LogP contribution in [0.5, 0.6) is 0 Å². The van der Waals surface area contributed by atoms with Gasteiger partial charge in [0.15, 0.2) is 6.39 Å². The second-order valence-corrected chi connectivity index (χ2v) is 10.9. The van der Waals surface area contributed by atoms with E-state index in [0.717, 1.165) is 77.8 Å². The molecule has 1 fully saturated rings. The lowest BCUT2D eigenvalue weighted by Gasteiger charge is -2.29. The second kappa shape index (κ2) is 11.2. The largest absolute Gasteiger partial charge is 0.448 e. The minimum absolute atomic E-state index is 0.0357. The van der Waals surface area contributed by atoms with E-state index in [2.05, 4.69) is 72.9 Å². The molecular weight excluding hydrogens is 530 g/mol. The third-order valence-electron chi connectivity index (χ3n) is 8.39. The van der Waals surface area contributed by atoms with Crippen molar-refractivity contribution >= 4 is 5.78 Å². The minimum Gasteiger partial charge on any atom is -0.448 e. The van der Waals surface area contributed by atoms with Crippen LogP contribution in [0.25, 0.3) is 28.3 Å². The van der Waals surface area contributed by atoms with Crippen molar-refractivity contribution in [3.8, 4) is 22.5 Å². The van der Waals surface area contributed by atoms with E-state index in [0.29, 0.717) is 23.9 Å². The van der Waals surface area contributed by atoms with Crippen molar-refractivity contribution in [1.82, 2.24) is 44.8 Å². The summed E-state index contributed by atoms with van der Waals surface area (Å²) in [5.74, 6) is 2.44. The smallest absolute Gasteiger partial charge is 0.259 e. The van der Waals surface area contributed by atoms with Gasteiger partial charge in [-0.25, -0.2) is 9.50 Å². The van der Waals surface area contributed by atoms with Gasteiger partial charge in [-0.15, -0.1) is 10.2 Å². The minimum atomic E-state index is 0.0357.